The Balaban J connectivity index is 0.00000196. The molecule has 3 aromatic carbocycles. The van der Waals surface area contributed by atoms with Crippen molar-refractivity contribution in [2.75, 3.05) is 0 Å². The number of para-hydroxylation sites is 2. The van der Waals surface area contributed by atoms with Crippen LogP contribution in [0.4, 0.5) is 0 Å². The summed E-state index contributed by atoms with van der Waals surface area (Å²) >= 11 is 0. The first-order valence-electron chi connectivity index (χ1n) is 9.32. The molecule has 158 valence electrons. The van der Waals surface area contributed by atoms with Crippen molar-refractivity contribution in [3.63, 3.8) is 0 Å². The average Bonchev–Trinajstić information content (AvgIpc) is 3.01. The molecule has 0 fully saturated rings. The number of aromatic nitrogens is 1. The average molecular weight is 392 g/mol. The molecule has 0 saturated heterocycles. The highest BCUT2D eigenvalue weighted by atomic mass is 15.0. The van der Waals surface area contributed by atoms with E-state index in [0.717, 1.165) is 12.8 Å². The summed E-state index contributed by atoms with van der Waals surface area (Å²) in [5.41, 5.74) is 4.15. The minimum Gasteiger partial charge on any atom is -0.337 e. The zero-order valence-corrected chi connectivity index (χ0v) is 15.0. The van der Waals surface area contributed by atoms with Crippen LogP contribution in [-0.4, -0.2) is 4.57 Å². The topological polar surface area (TPSA) is 4.93 Å². The van der Waals surface area contributed by atoms with Crippen LogP contribution in [0.15, 0.2) is 78.9 Å². The predicted molar refractivity (Wildman–Crippen MR) is 135 cm³/mol. The summed E-state index contributed by atoms with van der Waals surface area (Å²) in [5.74, 6) is 0.547. The Morgan fingerprint density at radius 3 is 1.59 bits per heavy atom. The molecule has 29 heavy (non-hydrogen) atoms. The van der Waals surface area contributed by atoms with E-state index >= 15 is 0 Å². The Kier molecular flexibility index (Phi) is 10.5. The monoisotopic (exact) mass is 391 g/mol. The smallest absolute Gasteiger partial charge is 0.0493 e. The number of nitrogens with zero attached hydrogens (tertiary/aromatic N) is 1. The summed E-state index contributed by atoms with van der Waals surface area (Å²) in [6, 6.07) is 29.0. The maximum atomic E-state index is 2.57. The summed E-state index contributed by atoms with van der Waals surface area (Å²) in [7, 11) is 0. The molecule has 0 N–H and O–H groups in total. The number of hydrogen-bond donors (Lipinski definition) is 0. The minimum absolute atomic E-state index is 0. The van der Waals surface area contributed by atoms with Crippen molar-refractivity contribution >= 4 is 21.8 Å². The molecule has 4 rings (SSSR count). The molecule has 1 heteroatoms. The highest BCUT2D eigenvalue weighted by molar-refractivity contribution is 6.08. The SMILES string of the molecule is C.C.C.C.CCC(CC(C)c1ccccc1)n1c2ccccc2c2ccccc21. The van der Waals surface area contributed by atoms with Crippen LogP contribution >= 0.6 is 0 Å². The molecule has 0 radical (unpaired) electrons. The van der Waals surface area contributed by atoms with Gasteiger partial charge in [0.25, 0.3) is 0 Å². The van der Waals surface area contributed by atoms with Crippen molar-refractivity contribution in [2.45, 2.75) is 68.4 Å². The maximum Gasteiger partial charge on any atom is 0.0493 e. The summed E-state index contributed by atoms with van der Waals surface area (Å²) < 4.78 is 2.57. The minimum atomic E-state index is 0. The van der Waals surface area contributed by atoms with Crippen LogP contribution in [0.25, 0.3) is 21.8 Å². The molecule has 0 bridgehead atoms. The van der Waals surface area contributed by atoms with Gasteiger partial charge in [-0.3, -0.25) is 0 Å². The summed E-state index contributed by atoms with van der Waals surface area (Å²) in [5, 5.41) is 2.73. The van der Waals surface area contributed by atoms with Crippen LogP contribution < -0.4 is 0 Å². The van der Waals surface area contributed by atoms with Gasteiger partial charge in [0.1, 0.15) is 0 Å². The second kappa shape index (κ2) is 11.5. The molecule has 0 aliphatic heterocycles. The lowest BCUT2D eigenvalue weighted by molar-refractivity contribution is 0.441. The molecule has 0 saturated carbocycles. The van der Waals surface area contributed by atoms with E-state index in [1.54, 1.807) is 0 Å². The van der Waals surface area contributed by atoms with Gasteiger partial charge in [-0.25, -0.2) is 0 Å². The Bertz CT molecular complexity index is 928. The highest BCUT2D eigenvalue weighted by Gasteiger charge is 2.19. The number of rotatable bonds is 5. The van der Waals surface area contributed by atoms with Gasteiger partial charge in [0.05, 0.1) is 0 Å². The summed E-state index contributed by atoms with van der Waals surface area (Å²) in [6.07, 6.45) is 2.29. The van der Waals surface area contributed by atoms with E-state index in [1.165, 1.54) is 27.4 Å². The van der Waals surface area contributed by atoms with Crippen molar-refractivity contribution in [1.29, 1.82) is 0 Å². The van der Waals surface area contributed by atoms with E-state index in [0.29, 0.717) is 12.0 Å². The number of fused-ring (bicyclic) bond motifs is 3. The molecule has 1 heterocycles. The molecule has 2 atom stereocenters. The van der Waals surface area contributed by atoms with E-state index in [1.807, 2.05) is 0 Å². The lowest BCUT2D eigenvalue weighted by Gasteiger charge is -2.24. The predicted octanol–water partition coefficient (Wildman–Crippen LogP) is 9.48. The van der Waals surface area contributed by atoms with Crippen LogP contribution in [0.1, 0.15) is 73.9 Å². The molecular formula is C28H41N. The molecule has 1 nitrogen and oxygen atoms in total. The van der Waals surface area contributed by atoms with Gasteiger partial charge in [0.15, 0.2) is 0 Å². The molecule has 0 aliphatic rings. The summed E-state index contributed by atoms with van der Waals surface area (Å²) in [6.45, 7) is 4.66. The van der Waals surface area contributed by atoms with Crippen molar-refractivity contribution in [2.24, 2.45) is 0 Å². The Morgan fingerprint density at radius 2 is 1.10 bits per heavy atom. The van der Waals surface area contributed by atoms with Gasteiger partial charge < -0.3 is 4.57 Å². The second-order valence-corrected chi connectivity index (χ2v) is 7.01. The van der Waals surface area contributed by atoms with Gasteiger partial charge in [0.2, 0.25) is 0 Å². The fourth-order valence-corrected chi connectivity index (χ4v) is 4.13. The van der Waals surface area contributed by atoms with E-state index in [-0.39, 0.29) is 29.7 Å². The third kappa shape index (κ3) is 4.90. The Hall–Kier alpha value is -2.54. The molecule has 0 amide bonds. The molecule has 2 unspecified atom stereocenters. The molecule has 4 aromatic rings. The van der Waals surface area contributed by atoms with Crippen molar-refractivity contribution in [3.8, 4) is 0 Å². The Morgan fingerprint density at radius 1 is 0.655 bits per heavy atom. The fraction of sp³-hybridized carbons (Fsp3) is 0.357. The standard InChI is InChI=1S/C24H25N.4CH4/c1-3-20(17-18(2)19-11-5-4-6-12-19)25-23-15-9-7-13-21(23)22-14-8-10-16-24(22)25;;;;/h4-16,18,20H,3,17H2,1-2H3;4*1H4. The van der Waals surface area contributed by atoms with Gasteiger partial charge in [-0.15, -0.1) is 0 Å². The largest absolute Gasteiger partial charge is 0.337 e. The van der Waals surface area contributed by atoms with Gasteiger partial charge in [-0.1, -0.05) is 110 Å². The van der Waals surface area contributed by atoms with E-state index in [9.17, 15) is 0 Å². The molecule has 0 spiro atoms. The van der Waals surface area contributed by atoms with Gasteiger partial charge in [-0.05, 0) is 36.5 Å². The molecule has 0 aliphatic carbocycles. The summed E-state index contributed by atoms with van der Waals surface area (Å²) in [4.78, 5) is 0. The lowest BCUT2D eigenvalue weighted by Crippen LogP contribution is -2.11. The van der Waals surface area contributed by atoms with Gasteiger partial charge in [-0.2, -0.15) is 0 Å². The zero-order valence-electron chi connectivity index (χ0n) is 15.0. The fourth-order valence-electron chi connectivity index (χ4n) is 4.13. The van der Waals surface area contributed by atoms with E-state index < -0.39 is 0 Å². The normalized spacial score (nSPS) is 12.1. The van der Waals surface area contributed by atoms with Crippen LogP contribution in [-0.2, 0) is 0 Å². The number of benzene rings is 3. The highest BCUT2D eigenvalue weighted by Crippen LogP contribution is 2.36. The molecular weight excluding hydrogens is 350 g/mol. The van der Waals surface area contributed by atoms with Gasteiger partial charge >= 0.3 is 0 Å². The van der Waals surface area contributed by atoms with Crippen LogP contribution in [0.3, 0.4) is 0 Å². The van der Waals surface area contributed by atoms with Crippen molar-refractivity contribution in [3.05, 3.63) is 84.4 Å². The second-order valence-electron chi connectivity index (χ2n) is 7.01. The van der Waals surface area contributed by atoms with Crippen LogP contribution in [0, 0.1) is 0 Å². The van der Waals surface area contributed by atoms with Crippen molar-refractivity contribution in [1.82, 2.24) is 4.57 Å². The van der Waals surface area contributed by atoms with Crippen molar-refractivity contribution < 1.29 is 0 Å². The van der Waals surface area contributed by atoms with E-state index in [4.69, 9.17) is 0 Å². The first-order valence-corrected chi connectivity index (χ1v) is 9.32. The quantitative estimate of drug-likeness (QED) is 0.319. The van der Waals surface area contributed by atoms with E-state index in [2.05, 4.69) is 97.3 Å². The maximum absolute atomic E-state index is 2.57. The third-order valence-corrected chi connectivity index (χ3v) is 5.45. The zero-order chi connectivity index (χ0) is 17.2. The third-order valence-electron chi connectivity index (χ3n) is 5.45. The van der Waals surface area contributed by atoms with Gasteiger partial charge in [0, 0.05) is 27.8 Å². The first kappa shape index (κ1) is 26.5. The molecule has 1 aromatic heterocycles. The van der Waals surface area contributed by atoms with Crippen LogP contribution in [0.2, 0.25) is 0 Å². The Labute approximate surface area is 179 Å². The van der Waals surface area contributed by atoms with Crippen LogP contribution in [0.5, 0.6) is 0 Å². The first-order chi connectivity index (χ1) is 12.3. The number of hydrogen-bond acceptors (Lipinski definition) is 0. The lowest BCUT2D eigenvalue weighted by atomic mass is 9.92.